The van der Waals surface area contributed by atoms with Crippen LogP contribution in [0.25, 0.3) is 0 Å². The molecule has 0 unspecified atom stereocenters. The van der Waals surface area contributed by atoms with Gasteiger partial charge in [-0.25, -0.2) is 8.42 Å². The summed E-state index contributed by atoms with van der Waals surface area (Å²) in [7, 11) is -3.64. The maximum atomic E-state index is 11.6. The lowest BCUT2D eigenvalue weighted by molar-refractivity contribution is -0.115. The third kappa shape index (κ3) is 2.69. The van der Waals surface area contributed by atoms with Crippen LogP contribution in [-0.2, 0) is 14.6 Å². The number of sulfone groups is 1. The normalized spacial score (nSPS) is 11.3. The predicted molar refractivity (Wildman–Crippen MR) is 56.8 cm³/mol. The van der Waals surface area contributed by atoms with E-state index < -0.39 is 21.5 Å². The lowest BCUT2D eigenvalue weighted by Crippen LogP contribution is -2.23. The fourth-order valence-corrected chi connectivity index (χ4v) is 2.64. The molecule has 0 bridgehead atoms. The molecule has 15 heavy (non-hydrogen) atoms. The van der Waals surface area contributed by atoms with Crippen molar-refractivity contribution in [2.24, 2.45) is 5.73 Å². The lowest BCUT2D eigenvalue weighted by Gasteiger charge is -2.06. The molecule has 0 aromatic heterocycles. The Labute approximate surface area is 88.0 Å². The lowest BCUT2D eigenvalue weighted by atomic mass is 10.2. The summed E-state index contributed by atoms with van der Waals surface area (Å²) in [5.74, 6) is -1.55. The van der Waals surface area contributed by atoms with E-state index in [0.29, 0.717) is 11.3 Å². The van der Waals surface area contributed by atoms with Gasteiger partial charge in [0.1, 0.15) is 5.75 Å². The summed E-state index contributed by atoms with van der Waals surface area (Å²) in [4.78, 5) is 10.7. The van der Waals surface area contributed by atoms with Crippen LogP contribution in [0, 0.1) is 6.92 Å². The first-order chi connectivity index (χ1) is 6.83. The molecule has 0 saturated heterocycles. The van der Waals surface area contributed by atoms with Crippen LogP contribution in [0.5, 0.6) is 0 Å². The Hall–Kier alpha value is -1.56. The molecular weight excluding hydrogens is 216 g/mol. The van der Waals surface area contributed by atoms with Crippen LogP contribution in [0.4, 0.5) is 5.69 Å². The number of carbonyl (C=O) groups excluding carboxylic acids is 1. The highest BCUT2D eigenvalue weighted by molar-refractivity contribution is 7.92. The first-order valence-electron chi connectivity index (χ1n) is 4.20. The summed E-state index contributed by atoms with van der Waals surface area (Å²) in [6, 6.07) is 4.39. The summed E-state index contributed by atoms with van der Waals surface area (Å²) in [5, 5.41) is 0. The SMILES string of the molecule is Cc1cc(N)ccc1S(=O)(=O)CC(N)=O. The predicted octanol–water partition coefficient (Wildman–Crippen LogP) is -0.164. The van der Waals surface area contributed by atoms with Gasteiger partial charge in [0.05, 0.1) is 4.90 Å². The van der Waals surface area contributed by atoms with Gasteiger partial charge < -0.3 is 11.5 Å². The molecule has 0 fully saturated rings. The Morgan fingerprint density at radius 1 is 1.40 bits per heavy atom. The Morgan fingerprint density at radius 2 is 2.00 bits per heavy atom. The van der Waals surface area contributed by atoms with Crippen molar-refractivity contribution in [1.82, 2.24) is 0 Å². The zero-order valence-electron chi connectivity index (χ0n) is 8.23. The standard InChI is InChI=1S/C9H12N2O3S/c1-6-4-7(10)2-3-8(6)15(13,14)5-9(11)12/h2-4H,5,10H2,1H3,(H2,11,12). The van der Waals surface area contributed by atoms with Crippen LogP contribution >= 0.6 is 0 Å². The average Bonchev–Trinajstić information content (AvgIpc) is 1.99. The molecule has 0 radical (unpaired) electrons. The Balaban J connectivity index is 3.22. The van der Waals surface area contributed by atoms with E-state index in [1.54, 1.807) is 6.92 Å². The largest absolute Gasteiger partial charge is 0.399 e. The number of nitrogen functional groups attached to an aromatic ring is 1. The highest BCUT2D eigenvalue weighted by atomic mass is 32.2. The molecule has 1 amide bonds. The van der Waals surface area contributed by atoms with Crippen LogP contribution in [0.3, 0.4) is 0 Å². The van der Waals surface area contributed by atoms with E-state index in [9.17, 15) is 13.2 Å². The quantitative estimate of drug-likeness (QED) is 0.701. The summed E-state index contributed by atoms with van der Waals surface area (Å²) >= 11 is 0. The van der Waals surface area contributed by atoms with Gasteiger partial charge in [-0.1, -0.05) is 0 Å². The molecule has 82 valence electrons. The molecule has 0 heterocycles. The van der Waals surface area contributed by atoms with Gasteiger partial charge in [-0.3, -0.25) is 4.79 Å². The van der Waals surface area contributed by atoms with Crippen LogP contribution in [0.15, 0.2) is 23.1 Å². The number of hydrogen-bond acceptors (Lipinski definition) is 4. The molecule has 1 rings (SSSR count). The first-order valence-corrected chi connectivity index (χ1v) is 5.85. The van der Waals surface area contributed by atoms with Gasteiger partial charge in [-0.05, 0) is 30.7 Å². The minimum Gasteiger partial charge on any atom is -0.399 e. The fourth-order valence-electron chi connectivity index (χ4n) is 1.29. The molecule has 1 aromatic carbocycles. The van der Waals surface area contributed by atoms with Gasteiger partial charge in [0.2, 0.25) is 5.91 Å². The molecule has 6 heteroatoms. The van der Waals surface area contributed by atoms with Crippen molar-refractivity contribution in [3.05, 3.63) is 23.8 Å². The van der Waals surface area contributed by atoms with E-state index in [1.165, 1.54) is 18.2 Å². The monoisotopic (exact) mass is 228 g/mol. The number of primary amides is 1. The molecule has 0 aliphatic heterocycles. The van der Waals surface area contributed by atoms with Crippen LogP contribution in [0.1, 0.15) is 5.56 Å². The minimum absolute atomic E-state index is 0.0931. The summed E-state index contributed by atoms with van der Waals surface area (Å²) in [5.41, 5.74) is 11.3. The molecule has 0 aliphatic rings. The zero-order valence-corrected chi connectivity index (χ0v) is 9.04. The van der Waals surface area contributed by atoms with Crippen LogP contribution in [-0.4, -0.2) is 20.1 Å². The van der Waals surface area contributed by atoms with Gasteiger partial charge in [0.25, 0.3) is 0 Å². The van der Waals surface area contributed by atoms with E-state index >= 15 is 0 Å². The van der Waals surface area contributed by atoms with Crippen molar-refractivity contribution in [3.63, 3.8) is 0 Å². The third-order valence-corrected chi connectivity index (χ3v) is 3.66. The Kier molecular flexibility index (Phi) is 2.99. The first kappa shape index (κ1) is 11.5. The van der Waals surface area contributed by atoms with Crippen molar-refractivity contribution < 1.29 is 13.2 Å². The van der Waals surface area contributed by atoms with Gasteiger partial charge in [-0.15, -0.1) is 0 Å². The molecule has 4 N–H and O–H groups in total. The van der Waals surface area contributed by atoms with Crippen LogP contribution in [0.2, 0.25) is 0 Å². The number of aryl methyl sites for hydroxylation is 1. The molecule has 5 nitrogen and oxygen atoms in total. The number of carbonyl (C=O) groups is 1. The van der Waals surface area contributed by atoms with Crippen LogP contribution < -0.4 is 11.5 Å². The summed E-state index contributed by atoms with van der Waals surface area (Å²) in [6.07, 6.45) is 0. The average molecular weight is 228 g/mol. The highest BCUT2D eigenvalue weighted by Gasteiger charge is 2.19. The van der Waals surface area contributed by atoms with Gasteiger partial charge in [0, 0.05) is 5.69 Å². The summed E-state index contributed by atoms with van der Waals surface area (Å²) < 4.78 is 23.3. The number of rotatable bonds is 3. The van der Waals surface area contributed by atoms with Gasteiger partial charge in [-0.2, -0.15) is 0 Å². The number of benzene rings is 1. The van der Waals surface area contributed by atoms with Crippen molar-refractivity contribution in [3.8, 4) is 0 Å². The molecular formula is C9H12N2O3S. The third-order valence-electron chi connectivity index (χ3n) is 1.87. The number of anilines is 1. The second kappa shape index (κ2) is 3.90. The van der Waals surface area contributed by atoms with E-state index in [0.717, 1.165) is 0 Å². The molecule has 1 aromatic rings. The molecule has 0 spiro atoms. The maximum absolute atomic E-state index is 11.6. The van der Waals surface area contributed by atoms with Gasteiger partial charge in [0.15, 0.2) is 9.84 Å². The van der Waals surface area contributed by atoms with Crippen molar-refractivity contribution in [1.29, 1.82) is 0 Å². The van der Waals surface area contributed by atoms with Crippen molar-refractivity contribution >= 4 is 21.4 Å². The van der Waals surface area contributed by atoms with E-state index in [1.807, 2.05) is 0 Å². The van der Waals surface area contributed by atoms with Crippen molar-refractivity contribution in [2.45, 2.75) is 11.8 Å². The van der Waals surface area contributed by atoms with Gasteiger partial charge >= 0.3 is 0 Å². The maximum Gasteiger partial charge on any atom is 0.233 e. The Bertz CT molecular complexity index is 494. The fraction of sp³-hybridized carbons (Fsp3) is 0.222. The van der Waals surface area contributed by atoms with Crippen molar-refractivity contribution in [2.75, 3.05) is 11.5 Å². The topological polar surface area (TPSA) is 103 Å². The van der Waals surface area contributed by atoms with E-state index in [2.05, 4.69) is 0 Å². The second-order valence-electron chi connectivity index (χ2n) is 3.25. The number of nitrogens with two attached hydrogens (primary N) is 2. The minimum atomic E-state index is -3.64. The smallest absolute Gasteiger partial charge is 0.233 e. The Morgan fingerprint density at radius 3 is 2.47 bits per heavy atom. The second-order valence-corrected chi connectivity index (χ2v) is 5.21. The van der Waals surface area contributed by atoms with E-state index in [4.69, 9.17) is 11.5 Å². The molecule has 0 saturated carbocycles. The molecule has 0 atom stereocenters. The van der Waals surface area contributed by atoms with E-state index in [-0.39, 0.29) is 4.90 Å². The zero-order chi connectivity index (χ0) is 11.6. The highest BCUT2D eigenvalue weighted by Crippen LogP contribution is 2.18. The molecule has 0 aliphatic carbocycles. The number of hydrogen-bond donors (Lipinski definition) is 2. The summed E-state index contributed by atoms with van der Waals surface area (Å²) in [6.45, 7) is 1.62. The number of amides is 1.